The number of halogens is 1. The molecule has 1 aliphatic heterocycles. The maximum Gasteiger partial charge on any atom is 0.410 e. The zero-order valence-corrected chi connectivity index (χ0v) is 17.2. The van der Waals surface area contributed by atoms with E-state index in [1.807, 2.05) is 20.8 Å². The Labute approximate surface area is 158 Å². The van der Waals surface area contributed by atoms with E-state index >= 15 is 0 Å². The van der Waals surface area contributed by atoms with E-state index in [-0.39, 0.29) is 16.9 Å². The molecule has 8 heteroatoms. The minimum absolute atomic E-state index is 0.0724. The molecular weight excluding hydrogens is 408 g/mol. The lowest BCUT2D eigenvalue weighted by molar-refractivity contribution is 0.0169. The van der Waals surface area contributed by atoms with Crippen LogP contribution < -0.4 is 4.72 Å². The molecule has 1 fully saturated rings. The standard InChI is InChI=1S/C17H25BrN2O4S/c1-17(2,3)24-16(21)20-9-5-6-13(12-20)11-19-25(22,23)15-8-4-7-14(18)10-15/h4,7-8,10,13,19H,5-6,9,11-12H2,1-3H3/t13-/m1/s1. The predicted octanol–water partition coefficient (Wildman–Crippen LogP) is 3.37. The number of amides is 1. The Hall–Kier alpha value is -1.12. The first-order valence-electron chi connectivity index (χ1n) is 8.30. The molecule has 1 aliphatic rings. The quantitative estimate of drug-likeness (QED) is 0.790. The SMILES string of the molecule is CC(C)(C)OC(=O)N1CCC[C@H](CNS(=O)(=O)c2cccc(Br)c2)C1. The van der Waals surface area contributed by atoms with E-state index in [9.17, 15) is 13.2 Å². The molecule has 1 aromatic carbocycles. The summed E-state index contributed by atoms with van der Waals surface area (Å²) < 4.78 is 33.5. The van der Waals surface area contributed by atoms with E-state index in [4.69, 9.17) is 4.74 Å². The Morgan fingerprint density at radius 1 is 1.40 bits per heavy atom. The highest BCUT2D eigenvalue weighted by Crippen LogP contribution is 2.20. The molecule has 1 saturated heterocycles. The van der Waals surface area contributed by atoms with Crippen molar-refractivity contribution in [2.75, 3.05) is 19.6 Å². The average molecular weight is 433 g/mol. The van der Waals surface area contributed by atoms with E-state index in [2.05, 4.69) is 20.7 Å². The number of nitrogens with zero attached hydrogens (tertiary/aromatic N) is 1. The van der Waals surface area contributed by atoms with Crippen LogP contribution in [0.1, 0.15) is 33.6 Å². The summed E-state index contributed by atoms with van der Waals surface area (Å²) in [5.74, 6) is 0.0724. The minimum atomic E-state index is -3.56. The Bertz CT molecular complexity index is 716. The van der Waals surface area contributed by atoms with Gasteiger partial charge in [-0.15, -0.1) is 0 Å². The molecule has 0 aliphatic carbocycles. The molecule has 0 radical (unpaired) electrons. The van der Waals surface area contributed by atoms with Gasteiger partial charge in [-0.3, -0.25) is 0 Å². The molecule has 2 rings (SSSR count). The van der Waals surface area contributed by atoms with Crippen LogP contribution in [-0.2, 0) is 14.8 Å². The van der Waals surface area contributed by atoms with Gasteiger partial charge in [0.15, 0.2) is 0 Å². The van der Waals surface area contributed by atoms with E-state index in [1.165, 1.54) is 0 Å². The van der Waals surface area contributed by atoms with Crippen molar-refractivity contribution in [3.8, 4) is 0 Å². The van der Waals surface area contributed by atoms with Crippen LogP contribution >= 0.6 is 15.9 Å². The van der Waals surface area contributed by atoms with Gasteiger partial charge in [0.25, 0.3) is 0 Å². The second-order valence-electron chi connectivity index (χ2n) is 7.24. The largest absolute Gasteiger partial charge is 0.444 e. The van der Waals surface area contributed by atoms with E-state index in [1.54, 1.807) is 29.2 Å². The van der Waals surface area contributed by atoms with Crippen molar-refractivity contribution >= 4 is 32.0 Å². The highest BCUT2D eigenvalue weighted by molar-refractivity contribution is 9.10. The van der Waals surface area contributed by atoms with Crippen molar-refractivity contribution in [2.24, 2.45) is 5.92 Å². The monoisotopic (exact) mass is 432 g/mol. The van der Waals surface area contributed by atoms with Crippen LogP contribution in [0.5, 0.6) is 0 Å². The second-order valence-corrected chi connectivity index (χ2v) is 9.93. The van der Waals surface area contributed by atoms with Gasteiger partial charge in [-0.1, -0.05) is 22.0 Å². The summed E-state index contributed by atoms with van der Waals surface area (Å²) in [7, 11) is -3.56. The number of rotatable bonds is 4. The fraction of sp³-hybridized carbons (Fsp3) is 0.588. The number of piperidine rings is 1. The Morgan fingerprint density at radius 2 is 2.12 bits per heavy atom. The molecule has 1 N–H and O–H groups in total. The summed E-state index contributed by atoms with van der Waals surface area (Å²) in [6.45, 7) is 6.93. The zero-order chi connectivity index (χ0) is 18.7. The topological polar surface area (TPSA) is 75.7 Å². The molecule has 1 aromatic rings. The molecule has 1 atom stereocenters. The maximum atomic E-state index is 12.4. The van der Waals surface area contributed by atoms with Crippen LogP contribution in [-0.4, -0.2) is 44.6 Å². The molecular formula is C17H25BrN2O4S. The molecule has 0 spiro atoms. The number of likely N-dealkylation sites (tertiary alicyclic amines) is 1. The van der Waals surface area contributed by atoms with Crippen molar-refractivity contribution < 1.29 is 17.9 Å². The predicted molar refractivity (Wildman–Crippen MR) is 99.9 cm³/mol. The van der Waals surface area contributed by atoms with Gasteiger partial charge in [-0.25, -0.2) is 17.9 Å². The molecule has 140 valence electrons. The average Bonchev–Trinajstić information content (AvgIpc) is 2.52. The summed E-state index contributed by atoms with van der Waals surface area (Å²) in [5.41, 5.74) is -0.535. The van der Waals surface area contributed by atoms with Crippen molar-refractivity contribution in [2.45, 2.75) is 44.1 Å². The van der Waals surface area contributed by atoms with E-state index < -0.39 is 15.6 Å². The number of hydrogen-bond donors (Lipinski definition) is 1. The Morgan fingerprint density at radius 3 is 2.76 bits per heavy atom. The minimum Gasteiger partial charge on any atom is -0.444 e. The molecule has 0 saturated carbocycles. The summed E-state index contributed by atoms with van der Waals surface area (Å²) in [6, 6.07) is 6.58. The smallest absolute Gasteiger partial charge is 0.410 e. The fourth-order valence-electron chi connectivity index (χ4n) is 2.67. The number of ether oxygens (including phenoxy) is 1. The van der Waals surface area contributed by atoms with Gasteiger partial charge < -0.3 is 9.64 Å². The normalized spacial score (nSPS) is 18.9. The first kappa shape index (κ1) is 20.2. The van der Waals surface area contributed by atoms with Crippen molar-refractivity contribution in [3.63, 3.8) is 0 Å². The first-order valence-corrected chi connectivity index (χ1v) is 10.6. The number of sulfonamides is 1. The van der Waals surface area contributed by atoms with Crippen LogP contribution in [0.4, 0.5) is 4.79 Å². The molecule has 1 heterocycles. The highest BCUT2D eigenvalue weighted by Gasteiger charge is 2.28. The number of carbonyl (C=O) groups excluding carboxylic acids is 1. The first-order chi connectivity index (χ1) is 11.6. The van der Waals surface area contributed by atoms with Gasteiger partial charge in [-0.05, 0) is 57.7 Å². The molecule has 6 nitrogen and oxygen atoms in total. The summed E-state index contributed by atoms with van der Waals surface area (Å²) in [5, 5.41) is 0. The van der Waals surface area contributed by atoms with Crippen molar-refractivity contribution in [3.05, 3.63) is 28.7 Å². The third kappa shape index (κ3) is 6.27. The van der Waals surface area contributed by atoms with E-state index in [0.717, 1.165) is 12.8 Å². The lowest BCUT2D eigenvalue weighted by Crippen LogP contribution is -2.45. The van der Waals surface area contributed by atoms with Crippen LogP contribution in [0.3, 0.4) is 0 Å². The van der Waals surface area contributed by atoms with Crippen LogP contribution in [0.25, 0.3) is 0 Å². The van der Waals surface area contributed by atoms with Gasteiger partial charge in [0, 0.05) is 24.1 Å². The summed E-state index contributed by atoms with van der Waals surface area (Å²) >= 11 is 3.28. The van der Waals surface area contributed by atoms with Gasteiger partial charge in [0.1, 0.15) is 5.60 Å². The highest BCUT2D eigenvalue weighted by atomic mass is 79.9. The van der Waals surface area contributed by atoms with Gasteiger partial charge in [0.2, 0.25) is 10.0 Å². The van der Waals surface area contributed by atoms with E-state index in [0.29, 0.717) is 24.1 Å². The third-order valence-electron chi connectivity index (χ3n) is 3.84. The Balaban J connectivity index is 1.93. The molecule has 0 bridgehead atoms. The Kier molecular flexibility index (Phi) is 6.51. The number of hydrogen-bond acceptors (Lipinski definition) is 4. The number of nitrogens with one attached hydrogen (secondary N) is 1. The maximum absolute atomic E-state index is 12.4. The summed E-state index contributed by atoms with van der Waals surface area (Å²) in [6.07, 6.45) is 1.37. The number of carbonyl (C=O) groups is 1. The zero-order valence-electron chi connectivity index (χ0n) is 14.8. The van der Waals surface area contributed by atoms with Crippen molar-refractivity contribution in [1.29, 1.82) is 0 Å². The van der Waals surface area contributed by atoms with Gasteiger partial charge >= 0.3 is 6.09 Å². The third-order valence-corrected chi connectivity index (χ3v) is 5.75. The molecule has 1 amide bonds. The number of benzene rings is 1. The van der Waals surface area contributed by atoms with Gasteiger partial charge in [-0.2, -0.15) is 0 Å². The fourth-order valence-corrected chi connectivity index (χ4v) is 4.38. The lowest BCUT2D eigenvalue weighted by Gasteiger charge is -2.34. The van der Waals surface area contributed by atoms with Crippen LogP contribution in [0, 0.1) is 5.92 Å². The molecule has 0 aromatic heterocycles. The molecule has 25 heavy (non-hydrogen) atoms. The van der Waals surface area contributed by atoms with Crippen LogP contribution in [0.15, 0.2) is 33.6 Å². The van der Waals surface area contributed by atoms with Crippen LogP contribution in [0.2, 0.25) is 0 Å². The van der Waals surface area contributed by atoms with Crippen molar-refractivity contribution in [1.82, 2.24) is 9.62 Å². The van der Waals surface area contributed by atoms with Gasteiger partial charge in [0.05, 0.1) is 4.90 Å². The lowest BCUT2D eigenvalue weighted by atomic mass is 9.99. The second kappa shape index (κ2) is 8.05. The molecule has 0 unspecified atom stereocenters. The summed E-state index contributed by atoms with van der Waals surface area (Å²) in [4.78, 5) is 14.1.